The van der Waals surface area contributed by atoms with Crippen molar-refractivity contribution in [1.29, 1.82) is 0 Å². The SMILES string of the molecule is Cc1[nH]n(-c2ccc(Cc3ccccc3)cc2)c(=O)c1C(O)(C(=O)O)C(F)(F)F. The van der Waals surface area contributed by atoms with E-state index < -0.39 is 34.6 Å². The number of carboxylic acids is 1. The summed E-state index contributed by atoms with van der Waals surface area (Å²) in [5.74, 6) is -2.57. The Hall–Kier alpha value is -3.33. The van der Waals surface area contributed by atoms with Crippen molar-refractivity contribution in [1.82, 2.24) is 9.78 Å². The molecule has 0 saturated heterocycles. The Morgan fingerprint density at radius 1 is 1.03 bits per heavy atom. The Morgan fingerprint density at radius 3 is 2.10 bits per heavy atom. The number of aromatic amines is 1. The van der Waals surface area contributed by atoms with E-state index >= 15 is 0 Å². The van der Waals surface area contributed by atoms with Gasteiger partial charge in [-0.25, -0.2) is 9.48 Å². The molecule has 6 nitrogen and oxygen atoms in total. The number of rotatable bonds is 5. The third kappa shape index (κ3) is 3.56. The van der Waals surface area contributed by atoms with Crippen molar-refractivity contribution in [2.75, 3.05) is 0 Å². The van der Waals surface area contributed by atoms with E-state index in [4.69, 9.17) is 5.11 Å². The molecule has 0 amide bonds. The molecule has 3 rings (SSSR count). The number of aryl methyl sites for hydroxylation is 1. The van der Waals surface area contributed by atoms with Crippen LogP contribution in [-0.2, 0) is 16.8 Å². The van der Waals surface area contributed by atoms with Crippen molar-refractivity contribution in [2.24, 2.45) is 0 Å². The molecule has 0 fully saturated rings. The van der Waals surface area contributed by atoms with Crippen molar-refractivity contribution >= 4 is 5.97 Å². The van der Waals surface area contributed by atoms with Gasteiger partial charge < -0.3 is 10.2 Å². The maximum Gasteiger partial charge on any atom is 0.432 e. The number of aromatic nitrogens is 2. The predicted octanol–water partition coefficient (Wildman–Crippen LogP) is 2.90. The van der Waals surface area contributed by atoms with E-state index in [9.17, 15) is 27.9 Å². The van der Waals surface area contributed by atoms with Crippen LogP contribution in [0.1, 0.15) is 22.4 Å². The van der Waals surface area contributed by atoms with E-state index in [1.54, 1.807) is 12.1 Å². The number of aliphatic hydroxyl groups is 1. The molecule has 0 aliphatic heterocycles. The van der Waals surface area contributed by atoms with Gasteiger partial charge >= 0.3 is 12.1 Å². The standard InChI is InChI=1S/C20H17F3N2O4/c1-12-16(19(29,18(27)28)20(21,22)23)17(26)25(24-12)15-9-7-14(8-10-15)11-13-5-3-2-4-6-13/h2-10,24,29H,11H2,1H3,(H,27,28). The molecule has 29 heavy (non-hydrogen) atoms. The van der Waals surface area contributed by atoms with E-state index in [2.05, 4.69) is 5.10 Å². The van der Waals surface area contributed by atoms with Gasteiger partial charge in [0, 0.05) is 5.69 Å². The highest BCUT2D eigenvalue weighted by Crippen LogP contribution is 2.39. The van der Waals surface area contributed by atoms with Crippen LogP contribution in [-0.4, -0.2) is 32.1 Å². The smallest absolute Gasteiger partial charge is 0.432 e. The molecule has 9 heteroatoms. The number of carbonyl (C=O) groups is 1. The number of hydrogen-bond donors (Lipinski definition) is 3. The van der Waals surface area contributed by atoms with Crippen molar-refractivity contribution in [3.05, 3.63) is 87.3 Å². The van der Waals surface area contributed by atoms with Crippen molar-refractivity contribution < 1.29 is 28.2 Å². The Bertz CT molecular complexity index is 1090. The molecule has 1 heterocycles. The van der Waals surface area contributed by atoms with Crippen LogP contribution >= 0.6 is 0 Å². The minimum Gasteiger partial charge on any atom is -0.479 e. The number of alkyl halides is 3. The zero-order valence-corrected chi connectivity index (χ0v) is 15.2. The lowest BCUT2D eigenvalue weighted by atomic mass is 9.93. The lowest BCUT2D eigenvalue weighted by Crippen LogP contribution is -2.52. The van der Waals surface area contributed by atoms with Crippen LogP contribution in [0.4, 0.5) is 13.2 Å². The highest BCUT2D eigenvalue weighted by atomic mass is 19.4. The number of hydrogen-bond acceptors (Lipinski definition) is 3. The van der Waals surface area contributed by atoms with E-state index in [1.807, 2.05) is 30.3 Å². The van der Waals surface area contributed by atoms with Gasteiger partial charge in [0.2, 0.25) is 0 Å². The van der Waals surface area contributed by atoms with Gasteiger partial charge in [-0.1, -0.05) is 42.5 Å². The van der Waals surface area contributed by atoms with Crippen molar-refractivity contribution in [2.45, 2.75) is 25.1 Å². The summed E-state index contributed by atoms with van der Waals surface area (Å²) in [6.07, 6.45) is -4.96. The third-order valence-corrected chi connectivity index (χ3v) is 4.60. The summed E-state index contributed by atoms with van der Waals surface area (Å²) in [5.41, 5.74) is -5.10. The van der Waals surface area contributed by atoms with Gasteiger partial charge in [-0.05, 0) is 36.6 Å². The number of halogens is 3. The zero-order valence-electron chi connectivity index (χ0n) is 15.2. The van der Waals surface area contributed by atoms with Crippen molar-refractivity contribution in [3.63, 3.8) is 0 Å². The average Bonchev–Trinajstić information content (AvgIpc) is 2.96. The summed E-state index contributed by atoms with van der Waals surface area (Å²) in [7, 11) is 0. The molecule has 3 aromatic rings. The number of nitrogens with zero attached hydrogens (tertiary/aromatic N) is 1. The molecule has 3 N–H and O–H groups in total. The summed E-state index contributed by atoms with van der Waals surface area (Å²) in [6.45, 7) is 1.09. The van der Waals surface area contributed by atoms with Crippen LogP contribution in [0.25, 0.3) is 5.69 Å². The fourth-order valence-corrected chi connectivity index (χ4v) is 3.12. The largest absolute Gasteiger partial charge is 0.479 e. The van der Waals surface area contributed by atoms with Crippen LogP contribution in [0.3, 0.4) is 0 Å². The fraction of sp³-hybridized carbons (Fsp3) is 0.200. The van der Waals surface area contributed by atoms with Crippen LogP contribution in [0.2, 0.25) is 0 Å². The first kappa shape index (κ1) is 20.4. The summed E-state index contributed by atoms with van der Waals surface area (Å²) >= 11 is 0. The minimum absolute atomic E-state index is 0.205. The molecule has 0 aliphatic rings. The van der Waals surface area contributed by atoms with Gasteiger partial charge in [-0.2, -0.15) is 13.2 Å². The Balaban J connectivity index is 2.00. The molecule has 1 unspecified atom stereocenters. The van der Waals surface area contributed by atoms with Gasteiger partial charge in [-0.15, -0.1) is 0 Å². The van der Waals surface area contributed by atoms with E-state index in [-0.39, 0.29) is 5.69 Å². The molecule has 152 valence electrons. The number of carboxylic acid groups (broad SMARTS) is 1. The summed E-state index contributed by atoms with van der Waals surface area (Å²) in [5, 5.41) is 21.3. The summed E-state index contributed by atoms with van der Waals surface area (Å²) in [6, 6.07) is 16.0. The second-order valence-corrected chi connectivity index (χ2v) is 6.59. The van der Waals surface area contributed by atoms with Gasteiger partial charge in [0.25, 0.3) is 11.2 Å². The lowest BCUT2D eigenvalue weighted by Gasteiger charge is -2.24. The first-order chi connectivity index (χ1) is 13.6. The molecular weight excluding hydrogens is 389 g/mol. The van der Waals surface area contributed by atoms with E-state index in [1.165, 1.54) is 12.1 Å². The molecule has 0 saturated carbocycles. The maximum absolute atomic E-state index is 13.3. The third-order valence-electron chi connectivity index (χ3n) is 4.60. The molecule has 0 spiro atoms. The van der Waals surface area contributed by atoms with E-state index in [0.717, 1.165) is 22.7 Å². The van der Waals surface area contributed by atoms with Crippen LogP contribution in [0.5, 0.6) is 0 Å². The normalized spacial score (nSPS) is 13.8. The minimum atomic E-state index is -5.58. The van der Waals surface area contributed by atoms with Crippen LogP contribution in [0.15, 0.2) is 59.4 Å². The molecule has 1 atom stereocenters. The monoisotopic (exact) mass is 406 g/mol. The Labute approximate surface area is 162 Å². The molecule has 2 aromatic carbocycles. The average molecular weight is 406 g/mol. The predicted molar refractivity (Wildman–Crippen MR) is 98.0 cm³/mol. The maximum atomic E-state index is 13.3. The Morgan fingerprint density at radius 2 is 1.59 bits per heavy atom. The second-order valence-electron chi connectivity index (χ2n) is 6.59. The molecule has 0 aliphatic carbocycles. The van der Waals surface area contributed by atoms with Crippen LogP contribution in [0, 0.1) is 6.92 Å². The van der Waals surface area contributed by atoms with Gasteiger partial charge in [0.05, 0.1) is 11.3 Å². The molecule has 0 bridgehead atoms. The van der Waals surface area contributed by atoms with Crippen LogP contribution < -0.4 is 5.56 Å². The number of aliphatic carboxylic acids is 1. The van der Waals surface area contributed by atoms with Gasteiger partial charge in [0.1, 0.15) is 0 Å². The van der Waals surface area contributed by atoms with Gasteiger partial charge in [0.15, 0.2) is 0 Å². The number of H-pyrrole nitrogens is 1. The first-order valence-electron chi connectivity index (χ1n) is 8.53. The Kier molecular flexibility index (Phi) is 5.10. The highest BCUT2D eigenvalue weighted by Gasteiger charge is 2.64. The second kappa shape index (κ2) is 7.25. The van der Waals surface area contributed by atoms with E-state index in [0.29, 0.717) is 6.42 Å². The highest BCUT2D eigenvalue weighted by molar-refractivity contribution is 5.80. The zero-order chi connectivity index (χ0) is 21.4. The summed E-state index contributed by atoms with van der Waals surface area (Å²) < 4.78 is 40.6. The quantitative estimate of drug-likeness (QED) is 0.607. The van der Waals surface area contributed by atoms with Gasteiger partial charge in [-0.3, -0.25) is 9.89 Å². The first-order valence-corrected chi connectivity index (χ1v) is 8.53. The fourth-order valence-electron chi connectivity index (χ4n) is 3.12. The van der Waals surface area contributed by atoms with Crippen molar-refractivity contribution in [3.8, 4) is 5.69 Å². The number of benzene rings is 2. The molecule has 1 aromatic heterocycles. The number of nitrogens with one attached hydrogen (secondary N) is 1. The molecule has 0 radical (unpaired) electrons. The lowest BCUT2D eigenvalue weighted by molar-refractivity contribution is -0.265. The topological polar surface area (TPSA) is 95.3 Å². The molecular formula is C20H17F3N2O4. The summed E-state index contributed by atoms with van der Waals surface area (Å²) in [4.78, 5) is 23.8.